The number of halogens is 1. The Morgan fingerprint density at radius 3 is 2.64 bits per heavy atom. The predicted molar refractivity (Wildman–Crippen MR) is 88.3 cm³/mol. The number of amides is 1. The van der Waals surface area contributed by atoms with Crippen molar-refractivity contribution >= 4 is 39.6 Å². The van der Waals surface area contributed by atoms with Gasteiger partial charge in [0.05, 0.1) is 18.2 Å². The highest BCUT2D eigenvalue weighted by atomic mass is 79.9. The Balaban J connectivity index is 2.39. The number of carbonyl (C=O) groups excluding carboxylic acids is 2. The molecule has 1 atom stereocenters. The van der Waals surface area contributed by atoms with Crippen LogP contribution in [-0.4, -0.2) is 42.2 Å². The van der Waals surface area contributed by atoms with E-state index in [0.717, 1.165) is 9.37 Å². The maximum absolute atomic E-state index is 11.9. The minimum atomic E-state index is -0.846. The summed E-state index contributed by atoms with van der Waals surface area (Å²) in [5.41, 5.74) is 0. The molecule has 0 aliphatic carbocycles. The van der Waals surface area contributed by atoms with Gasteiger partial charge in [0.2, 0.25) is 0 Å². The van der Waals surface area contributed by atoms with E-state index >= 15 is 0 Å². The molecule has 0 spiro atoms. The fraction of sp³-hybridized carbons (Fsp3) is 0.400. The molecule has 0 radical (unpaired) electrons. The summed E-state index contributed by atoms with van der Waals surface area (Å²) >= 11 is 4.69. The third kappa shape index (κ3) is 6.50. The maximum Gasteiger partial charge on any atom is 0.317 e. The van der Waals surface area contributed by atoms with Gasteiger partial charge in [0.1, 0.15) is 0 Å². The number of rotatable bonds is 7. The predicted octanol–water partition coefficient (Wildman–Crippen LogP) is 2.84. The van der Waals surface area contributed by atoms with Gasteiger partial charge < -0.3 is 9.64 Å². The molecule has 0 saturated heterocycles. The van der Waals surface area contributed by atoms with Gasteiger partial charge in [-0.05, 0) is 31.2 Å². The first-order valence-electron chi connectivity index (χ1n) is 6.64. The largest absolute Gasteiger partial charge is 0.452 e. The highest BCUT2D eigenvalue weighted by Crippen LogP contribution is 2.20. The number of ether oxygens (including phenoxy) is 1. The molecule has 0 aliphatic heterocycles. The van der Waals surface area contributed by atoms with Gasteiger partial charge in [0.15, 0.2) is 6.10 Å². The molecule has 0 aromatic heterocycles. The Morgan fingerprint density at radius 1 is 1.41 bits per heavy atom. The fourth-order valence-corrected chi connectivity index (χ4v) is 2.54. The minimum absolute atomic E-state index is 0.140. The Hall–Kier alpha value is -1.52. The number of benzene rings is 1. The van der Waals surface area contributed by atoms with E-state index in [-0.39, 0.29) is 18.1 Å². The molecule has 1 aromatic carbocycles. The van der Waals surface area contributed by atoms with Gasteiger partial charge in [-0.25, -0.2) is 0 Å². The van der Waals surface area contributed by atoms with Crippen LogP contribution < -0.4 is 0 Å². The SMILES string of the molecule is C[C@@H](OC(=O)CSc1ccc(Br)cc1)C(=O)N(C)CCC#N. The van der Waals surface area contributed by atoms with Crippen molar-refractivity contribution in [2.45, 2.75) is 24.3 Å². The van der Waals surface area contributed by atoms with Crippen LogP contribution in [0.3, 0.4) is 0 Å². The number of esters is 1. The molecule has 0 unspecified atom stereocenters. The molecule has 7 heteroatoms. The summed E-state index contributed by atoms with van der Waals surface area (Å²) in [5, 5.41) is 8.50. The zero-order valence-electron chi connectivity index (χ0n) is 12.4. The van der Waals surface area contributed by atoms with Crippen LogP contribution in [-0.2, 0) is 14.3 Å². The van der Waals surface area contributed by atoms with Gasteiger partial charge >= 0.3 is 5.97 Å². The molecule has 0 N–H and O–H groups in total. The topological polar surface area (TPSA) is 70.4 Å². The Morgan fingerprint density at radius 2 is 2.05 bits per heavy atom. The van der Waals surface area contributed by atoms with Gasteiger partial charge in [0.25, 0.3) is 5.91 Å². The van der Waals surface area contributed by atoms with Gasteiger partial charge in [-0.1, -0.05) is 15.9 Å². The molecule has 0 aliphatic rings. The van der Waals surface area contributed by atoms with Crippen molar-refractivity contribution in [1.82, 2.24) is 4.90 Å². The summed E-state index contributed by atoms with van der Waals surface area (Å²) in [6.45, 7) is 1.86. The number of nitriles is 1. The standard InChI is InChI=1S/C15H17BrN2O3S/c1-11(15(20)18(2)9-3-8-17)21-14(19)10-22-13-6-4-12(16)5-7-13/h4-7,11H,3,9-10H2,1-2H3/t11-/m1/s1. The molecular formula is C15H17BrN2O3S. The van der Waals surface area contributed by atoms with E-state index in [2.05, 4.69) is 15.9 Å². The lowest BCUT2D eigenvalue weighted by Gasteiger charge is -2.20. The number of hydrogen-bond donors (Lipinski definition) is 0. The second-order valence-electron chi connectivity index (χ2n) is 4.54. The van der Waals surface area contributed by atoms with Gasteiger partial charge in [-0.2, -0.15) is 5.26 Å². The minimum Gasteiger partial charge on any atom is -0.452 e. The Labute approximate surface area is 142 Å². The highest BCUT2D eigenvalue weighted by Gasteiger charge is 2.21. The van der Waals surface area contributed by atoms with E-state index in [9.17, 15) is 9.59 Å². The molecule has 0 fully saturated rings. The van der Waals surface area contributed by atoms with Crippen molar-refractivity contribution in [3.05, 3.63) is 28.7 Å². The molecule has 0 saturated carbocycles. The molecule has 5 nitrogen and oxygen atoms in total. The van der Waals surface area contributed by atoms with E-state index in [4.69, 9.17) is 10.00 Å². The fourth-order valence-electron chi connectivity index (χ4n) is 1.59. The number of nitrogens with zero attached hydrogens (tertiary/aromatic N) is 2. The van der Waals surface area contributed by atoms with E-state index in [1.807, 2.05) is 30.3 Å². The van der Waals surface area contributed by atoms with Crippen LogP contribution in [0.15, 0.2) is 33.6 Å². The quantitative estimate of drug-likeness (QED) is 0.533. The summed E-state index contributed by atoms with van der Waals surface area (Å²) in [6, 6.07) is 9.54. The number of likely N-dealkylation sites (N-methyl/N-ethyl adjacent to an activating group) is 1. The van der Waals surface area contributed by atoms with Crippen LogP contribution in [0.25, 0.3) is 0 Å². The number of thioether (sulfide) groups is 1. The van der Waals surface area contributed by atoms with Crippen LogP contribution in [0.1, 0.15) is 13.3 Å². The van der Waals surface area contributed by atoms with Crippen LogP contribution >= 0.6 is 27.7 Å². The van der Waals surface area contributed by atoms with Crippen molar-refractivity contribution in [3.63, 3.8) is 0 Å². The average molecular weight is 385 g/mol. The first kappa shape index (κ1) is 18.5. The first-order chi connectivity index (χ1) is 10.4. The molecule has 1 rings (SSSR count). The van der Waals surface area contributed by atoms with Crippen molar-refractivity contribution in [1.29, 1.82) is 5.26 Å². The van der Waals surface area contributed by atoms with Crippen molar-refractivity contribution in [2.24, 2.45) is 0 Å². The molecular weight excluding hydrogens is 368 g/mol. The zero-order valence-corrected chi connectivity index (χ0v) is 14.8. The second kappa shape index (κ2) is 9.49. The third-order valence-corrected chi connectivity index (χ3v) is 4.28. The number of hydrogen-bond acceptors (Lipinski definition) is 5. The monoisotopic (exact) mass is 384 g/mol. The van der Waals surface area contributed by atoms with Crippen molar-refractivity contribution < 1.29 is 14.3 Å². The van der Waals surface area contributed by atoms with Crippen molar-refractivity contribution in [3.8, 4) is 6.07 Å². The van der Waals surface area contributed by atoms with Gasteiger partial charge in [-0.3, -0.25) is 9.59 Å². The molecule has 0 heterocycles. The summed E-state index contributed by atoms with van der Waals surface area (Å²) in [7, 11) is 1.58. The average Bonchev–Trinajstić information content (AvgIpc) is 2.51. The molecule has 22 heavy (non-hydrogen) atoms. The smallest absolute Gasteiger partial charge is 0.317 e. The molecule has 1 aromatic rings. The summed E-state index contributed by atoms with van der Waals surface area (Å²) < 4.78 is 6.09. The lowest BCUT2D eigenvalue weighted by molar-refractivity contribution is -0.156. The normalized spacial score (nSPS) is 11.4. The lowest BCUT2D eigenvalue weighted by Crippen LogP contribution is -2.38. The first-order valence-corrected chi connectivity index (χ1v) is 8.41. The Kier molecular flexibility index (Phi) is 7.99. The van der Waals surface area contributed by atoms with Crippen LogP contribution in [0.4, 0.5) is 0 Å². The molecule has 0 bridgehead atoms. The lowest BCUT2D eigenvalue weighted by atomic mass is 10.3. The third-order valence-electron chi connectivity index (χ3n) is 2.76. The van der Waals surface area contributed by atoms with E-state index < -0.39 is 12.1 Å². The Bertz CT molecular complexity index is 557. The summed E-state index contributed by atoms with van der Waals surface area (Å²) in [5.74, 6) is -0.610. The second-order valence-corrected chi connectivity index (χ2v) is 6.51. The van der Waals surface area contributed by atoms with E-state index in [0.29, 0.717) is 6.54 Å². The zero-order chi connectivity index (χ0) is 16.5. The number of carbonyl (C=O) groups is 2. The van der Waals surface area contributed by atoms with E-state index in [1.54, 1.807) is 7.05 Å². The summed E-state index contributed by atoms with van der Waals surface area (Å²) in [4.78, 5) is 26.0. The van der Waals surface area contributed by atoms with E-state index in [1.165, 1.54) is 23.6 Å². The van der Waals surface area contributed by atoms with Crippen LogP contribution in [0.5, 0.6) is 0 Å². The van der Waals surface area contributed by atoms with Crippen LogP contribution in [0.2, 0.25) is 0 Å². The maximum atomic E-state index is 11.9. The molecule has 1 amide bonds. The van der Waals surface area contributed by atoms with Gasteiger partial charge in [-0.15, -0.1) is 11.8 Å². The van der Waals surface area contributed by atoms with Crippen LogP contribution in [0, 0.1) is 11.3 Å². The van der Waals surface area contributed by atoms with Crippen molar-refractivity contribution in [2.75, 3.05) is 19.3 Å². The molecule has 118 valence electrons. The highest BCUT2D eigenvalue weighted by molar-refractivity contribution is 9.10. The van der Waals surface area contributed by atoms with Gasteiger partial charge in [0, 0.05) is 23.0 Å². The summed E-state index contributed by atoms with van der Waals surface area (Å²) in [6.07, 6.45) is -0.593.